The van der Waals surface area contributed by atoms with Gasteiger partial charge in [-0.15, -0.1) is 0 Å². The van der Waals surface area contributed by atoms with Crippen molar-refractivity contribution >= 4 is 21.9 Å². The number of nitrogens with zero attached hydrogens (tertiary/aromatic N) is 3. The molecule has 0 radical (unpaired) electrons. The number of aromatic nitrogens is 3. The number of methoxy groups -OCH3 is 1. The molecule has 0 atom stereocenters. The number of nitrogens with two attached hydrogens (primary N) is 1. The highest BCUT2D eigenvalue weighted by atomic mass is 16.5. The van der Waals surface area contributed by atoms with Crippen LogP contribution in [0.2, 0.25) is 0 Å². The van der Waals surface area contributed by atoms with Gasteiger partial charge in [-0.1, -0.05) is 0 Å². The zero-order valence-electron chi connectivity index (χ0n) is 15.8. The van der Waals surface area contributed by atoms with Crippen LogP contribution in [0.3, 0.4) is 0 Å². The Balaban J connectivity index is 2.00. The molecule has 2 aromatic heterocycles. The van der Waals surface area contributed by atoms with Gasteiger partial charge in [0.05, 0.1) is 23.7 Å². The smallest absolute Gasteiger partial charge is 0.277 e. The van der Waals surface area contributed by atoms with Gasteiger partial charge in [0, 0.05) is 42.9 Å². The maximum absolute atomic E-state index is 13.1. The number of ether oxygens (including phenoxy) is 1. The summed E-state index contributed by atoms with van der Waals surface area (Å²) >= 11 is 0. The number of benzene rings is 2. The predicted octanol–water partition coefficient (Wildman–Crippen LogP) is 2.62. The van der Waals surface area contributed by atoms with E-state index >= 15 is 0 Å². The molecular weight excluding hydrogens is 356 g/mol. The van der Waals surface area contributed by atoms with Crippen LogP contribution in [0, 0.1) is 0 Å². The fourth-order valence-electron chi connectivity index (χ4n) is 3.53. The zero-order chi connectivity index (χ0) is 19.8. The molecule has 0 aliphatic heterocycles. The monoisotopic (exact) mass is 378 g/mol. The molecule has 7 nitrogen and oxygen atoms in total. The largest absolute Gasteiger partial charge is 0.508 e. The third-order valence-corrected chi connectivity index (χ3v) is 5.01. The minimum atomic E-state index is -0.177. The van der Waals surface area contributed by atoms with Crippen LogP contribution in [0.1, 0.15) is 6.42 Å². The van der Waals surface area contributed by atoms with Crippen molar-refractivity contribution in [3.05, 3.63) is 52.9 Å². The maximum Gasteiger partial charge on any atom is 0.277 e. The van der Waals surface area contributed by atoms with E-state index in [1.54, 1.807) is 30.9 Å². The molecule has 0 bridgehead atoms. The molecule has 0 amide bonds. The molecule has 2 heterocycles. The van der Waals surface area contributed by atoms with Crippen molar-refractivity contribution in [1.29, 1.82) is 0 Å². The number of phenols is 1. The SMILES string of the molecule is COc1ccc2c(c1)nc(-c1cn(CCCN)c3cc(O)ccc13)c(=O)n2C. The second-order valence-electron chi connectivity index (χ2n) is 6.76. The van der Waals surface area contributed by atoms with Gasteiger partial charge < -0.3 is 24.7 Å². The molecule has 0 aliphatic rings. The zero-order valence-corrected chi connectivity index (χ0v) is 15.8. The molecule has 2 aromatic carbocycles. The van der Waals surface area contributed by atoms with Crippen LogP contribution in [-0.4, -0.2) is 32.9 Å². The number of phenolic OH excluding ortho intramolecular Hbond substituents is 1. The van der Waals surface area contributed by atoms with E-state index < -0.39 is 0 Å². The summed E-state index contributed by atoms with van der Waals surface area (Å²) in [5.41, 5.74) is 8.84. The predicted molar refractivity (Wildman–Crippen MR) is 110 cm³/mol. The second kappa shape index (κ2) is 7.01. The van der Waals surface area contributed by atoms with Gasteiger partial charge in [-0.05, 0) is 37.2 Å². The normalized spacial score (nSPS) is 11.4. The molecule has 3 N–H and O–H groups in total. The Hall–Kier alpha value is -3.32. The number of rotatable bonds is 5. The Labute approximate surface area is 161 Å². The lowest BCUT2D eigenvalue weighted by Crippen LogP contribution is -2.20. The first-order valence-corrected chi connectivity index (χ1v) is 9.10. The van der Waals surface area contributed by atoms with E-state index in [2.05, 4.69) is 4.98 Å². The maximum atomic E-state index is 13.1. The van der Waals surface area contributed by atoms with E-state index in [1.807, 2.05) is 35.0 Å². The summed E-state index contributed by atoms with van der Waals surface area (Å²) in [5.74, 6) is 0.857. The summed E-state index contributed by atoms with van der Waals surface area (Å²) < 4.78 is 8.90. The van der Waals surface area contributed by atoms with Gasteiger partial charge in [-0.3, -0.25) is 4.79 Å². The van der Waals surface area contributed by atoms with Crippen molar-refractivity contribution in [3.63, 3.8) is 0 Å². The highest BCUT2D eigenvalue weighted by Crippen LogP contribution is 2.31. The highest BCUT2D eigenvalue weighted by Gasteiger charge is 2.17. The molecule has 4 rings (SSSR count). The van der Waals surface area contributed by atoms with E-state index in [-0.39, 0.29) is 11.3 Å². The van der Waals surface area contributed by atoms with Crippen LogP contribution in [0.5, 0.6) is 11.5 Å². The highest BCUT2D eigenvalue weighted by molar-refractivity contribution is 5.96. The number of hydrogen-bond donors (Lipinski definition) is 2. The molecule has 144 valence electrons. The van der Waals surface area contributed by atoms with Crippen LogP contribution in [0.25, 0.3) is 33.2 Å². The van der Waals surface area contributed by atoms with Crippen molar-refractivity contribution in [2.45, 2.75) is 13.0 Å². The Morgan fingerprint density at radius 1 is 1.18 bits per heavy atom. The molecule has 0 saturated carbocycles. The Morgan fingerprint density at radius 3 is 2.75 bits per heavy atom. The molecule has 0 saturated heterocycles. The third-order valence-electron chi connectivity index (χ3n) is 5.01. The molecule has 7 heteroatoms. The van der Waals surface area contributed by atoms with E-state index in [1.165, 1.54) is 0 Å². The topological polar surface area (TPSA) is 95.3 Å². The summed E-state index contributed by atoms with van der Waals surface area (Å²) in [6, 6.07) is 10.6. The first-order valence-electron chi connectivity index (χ1n) is 9.10. The van der Waals surface area contributed by atoms with E-state index in [0.717, 1.165) is 28.4 Å². The number of aromatic hydroxyl groups is 1. The number of fused-ring (bicyclic) bond motifs is 2. The molecule has 0 unspecified atom stereocenters. The quantitative estimate of drug-likeness (QED) is 0.557. The van der Waals surface area contributed by atoms with Crippen LogP contribution < -0.4 is 16.0 Å². The lowest BCUT2D eigenvalue weighted by molar-refractivity contribution is 0.415. The fourth-order valence-corrected chi connectivity index (χ4v) is 3.53. The summed E-state index contributed by atoms with van der Waals surface area (Å²) in [5, 5.41) is 10.8. The van der Waals surface area contributed by atoms with Crippen molar-refractivity contribution in [3.8, 4) is 22.8 Å². The molecule has 28 heavy (non-hydrogen) atoms. The minimum Gasteiger partial charge on any atom is -0.508 e. The van der Waals surface area contributed by atoms with Crippen molar-refractivity contribution < 1.29 is 9.84 Å². The average Bonchev–Trinajstić information content (AvgIpc) is 3.06. The van der Waals surface area contributed by atoms with Crippen molar-refractivity contribution in [2.75, 3.05) is 13.7 Å². The van der Waals surface area contributed by atoms with Crippen LogP contribution >= 0.6 is 0 Å². The van der Waals surface area contributed by atoms with Gasteiger partial charge in [0.25, 0.3) is 5.56 Å². The summed E-state index contributed by atoms with van der Waals surface area (Å²) in [4.78, 5) is 17.7. The minimum absolute atomic E-state index is 0.176. The molecule has 4 aromatic rings. The average molecular weight is 378 g/mol. The molecule has 0 fully saturated rings. The number of aryl methyl sites for hydroxylation is 2. The second-order valence-corrected chi connectivity index (χ2v) is 6.76. The van der Waals surface area contributed by atoms with E-state index in [4.69, 9.17) is 10.5 Å². The van der Waals surface area contributed by atoms with Crippen molar-refractivity contribution in [1.82, 2.24) is 14.1 Å². The third kappa shape index (κ3) is 2.90. The Morgan fingerprint density at radius 2 is 2.00 bits per heavy atom. The van der Waals surface area contributed by atoms with Gasteiger partial charge in [0.2, 0.25) is 0 Å². The van der Waals surface area contributed by atoms with Gasteiger partial charge in [-0.25, -0.2) is 4.98 Å². The van der Waals surface area contributed by atoms with Crippen LogP contribution in [0.15, 0.2) is 47.4 Å². The Bertz CT molecular complexity index is 1240. The lowest BCUT2D eigenvalue weighted by atomic mass is 10.1. The molecule has 0 aliphatic carbocycles. The van der Waals surface area contributed by atoms with Crippen LogP contribution in [0.4, 0.5) is 0 Å². The lowest BCUT2D eigenvalue weighted by Gasteiger charge is -2.09. The summed E-state index contributed by atoms with van der Waals surface area (Å²) in [6.07, 6.45) is 2.70. The van der Waals surface area contributed by atoms with Crippen molar-refractivity contribution in [2.24, 2.45) is 12.8 Å². The van der Waals surface area contributed by atoms with Gasteiger partial charge in [-0.2, -0.15) is 0 Å². The van der Waals surface area contributed by atoms with Gasteiger partial charge in [0.15, 0.2) is 0 Å². The molecular formula is C21H22N4O3. The molecule has 0 spiro atoms. The summed E-state index contributed by atoms with van der Waals surface area (Å²) in [6.45, 7) is 1.25. The fraction of sp³-hybridized carbons (Fsp3) is 0.238. The van der Waals surface area contributed by atoms with E-state index in [9.17, 15) is 9.90 Å². The van der Waals surface area contributed by atoms with E-state index in [0.29, 0.717) is 30.0 Å². The first-order chi connectivity index (χ1) is 13.5. The number of hydrogen-bond acceptors (Lipinski definition) is 5. The van der Waals surface area contributed by atoms with Gasteiger partial charge >= 0.3 is 0 Å². The summed E-state index contributed by atoms with van der Waals surface area (Å²) in [7, 11) is 3.34. The van der Waals surface area contributed by atoms with Crippen LogP contribution in [-0.2, 0) is 13.6 Å². The standard InChI is InChI=1S/C21H22N4O3/c1-24-18-7-5-14(28-2)11-17(18)23-20(21(24)27)16-12-25(9-3-8-22)19-10-13(26)4-6-15(16)19/h4-7,10-12,26H,3,8-9,22H2,1-2H3. The van der Waals surface area contributed by atoms with Gasteiger partial charge in [0.1, 0.15) is 17.2 Å². The first kappa shape index (κ1) is 18.1. The Kier molecular flexibility index (Phi) is 4.52.